The Morgan fingerprint density at radius 2 is 1.96 bits per heavy atom. The van der Waals surface area contributed by atoms with Crippen LogP contribution >= 0.6 is 11.6 Å². The fourth-order valence-corrected chi connectivity index (χ4v) is 2.97. The Balaban J connectivity index is 1.43. The van der Waals surface area contributed by atoms with E-state index in [0.717, 1.165) is 16.7 Å². The van der Waals surface area contributed by atoms with Crippen molar-refractivity contribution < 1.29 is 9.32 Å². The van der Waals surface area contributed by atoms with Gasteiger partial charge in [-0.25, -0.2) is 0 Å². The molecule has 28 heavy (non-hydrogen) atoms. The van der Waals surface area contributed by atoms with Crippen molar-refractivity contribution in [3.05, 3.63) is 88.7 Å². The molecule has 0 bridgehead atoms. The highest BCUT2D eigenvalue weighted by atomic mass is 35.5. The summed E-state index contributed by atoms with van der Waals surface area (Å²) >= 11 is 6.00. The molecule has 4 rings (SSSR count). The number of halogens is 1. The van der Waals surface area contributed by atoms with E-state index in [1.54, 1.807) is 23.0 Å². The van der Waals surface area contributed by atoms with Crippen LogP contribution in [0.2, 0.25) is 5.02 Å². The van der Waals surface area contributed by atoms with Gasteiger partial charge < -0.3 is 9.84 Å². The third kappa shape index (κ3) is 4.13. The lowest BCUT2D eigenvalue weighted by Gasteiger charge is -2.02. The average Bonchev–Trinajstić information content (AvgIpc) is 3.32. The summed E-state index contributed by atoms with van der Waals surface area (Å²) in [5, 5.41) is 11.6. The van der Waals surface area contributed by atoms with Gasteiger partial charge in [-0.15, -0.1) is 0 Å². The van der Waals surface area contributed by atoms with Gasteiger partial charge in [-0.05, 0) is 24.6 Å². The molecule has 140 valence electrons. The van der Waals surface area contributed by atoms with Crippen LogP contribution in [0.5, 0.6) is 0 Å². The largest absolute Gasteiger partial charge is 0.355 e. The fourth-order valence-electron chi connectivity index (χ4n) is 2.76. The number of benzene rings is 2. The standard InChI is InChI=1S/C21H17ClN4O2/c1-14-5-7-16(8-6-14)19-12-18(25-28-19)21(27)23-20-9-10-26(24-20)13-15-3-2-4-17(22)11-15/h2-12H,13H2,1H3,(H,23,24,27). The number of hydrogen-bond acceptors (Lipinski definition) is 4. The molecule has 0 fully saturated rings. The lowest BCUT2D eigenvalue weighted by Crippen LogP contribution is -2.13. The van der Waals surface area contributed by atoms with E-state index in [9.17, 15) is 4.79 Å². The lowest BCUT2D eigenvalue weighted by atomic mass is 10.1. The quantitative estimate of drug-likeness (QED) is 0.529. The molecule has 4 aromatic rings. The summed E-state index contributed by atoms with van der Waals surface area (Å²) in [7, 11) is 0. The Morgan fingerprint density at radius 3 is 2.75 bits per heavy atom. The van der Waals surface area contributed by atoms with Gasteiger partial charge in [0, 0.05) is 28.9 Å². The molecule has 7 heteroatoms. The summed E-state index contributed by atoms with van der Waals surface area (Å²) in [5.41, 5.74) is 3.23. The van der Waals surface area contributed by atoms with E-state index in [0.29, 0.717) is 23.1 Å². The van der Waals surface area contributed by atoms with Crippen LogP contribution in [-0.2, 0) is 6.54 Å². The van der Waals surface area contributed by atoms with Crippen molar-refractivity contribution in [2.24, 2.45) is 0 Å². The van der Waals surface area contributed by atoms with Gasteiger partial charge in [-0.2, -0.15) is 5.10 Å². The van der Waals surface area contributed by atoms with Crippen molar-refractivity contribution in [2.75, 3.05) is 5.32 Å². The molecule has 2 aromatic heterocycles. The van der Waals surface area contributed by atoms with Gasteiger partial charge in [0.2, 0.25) is 0 Å². The second kappa shape index (κ2) is 7.70. The lowest BCUT2D eigenvalue weighted by molar-refractivity contribution is 0.101. The Hall–Kier alpha value is -3.38. The van der Waals surface area contributed by atoms with Gasteiger partial charge in [0.25, 0.3) is 5.91 Å². The number of nitrogens with zero attached hydrogens (tertiary/aromatic N) is 3. The third-order valence-corrected chi connectivity index (χ3v) is 4.43. The SMILES string of the molecule is Cc1ccc(-c2cc(C(=O)Nc3ccn(Cc4cccc(Cl)c4)n3)no2)cc1. The Labute approximate surface area is 166 Å². The third-order valence-electron chi connectivity index (χ3n) is 4.19. The monoisotopic (exact) mass is 392 g/mol. The summed E-state index contributed by atoms with van der Waals surface area (Å²) in [4.78, 5) is 12.4. The van der Waals surface area contributed by atoms with Gasteiger partial charge in [-0.1, -0.05) is 58.7 Å². The minimum atomic E-state index is -0.380. The first kappa shape index (κ1) is 18.0. The van der Waals surface area contributed by atoms with E-state index in [4.69, 9.17) is 16.1 Å². The predicted octanol–water partition coefficient (Wildman–Crippen LogP) is 4.80. The summed E-state index contributed by atoms with van der Waals surface area (Å²) in [6, 6.07) is 18.7. The Kier molecular flexibility index (Phi) is 4.95. The molecule has 2 aromatic carbocycles. The van der Waals surface area contributed by atoms with Crippen LogP contribution in [0.1, 0.15) is 21.6 Å². The average molecular weight is 393 g/mol. The highest BCUT2D eigenvalue weighted by molar-refractivity contribution is 6.30. The van der Waals surface area contributed by atoms with Gasteiger partial charge in [-0.3, -0.25) is 9.48 Å². The summed E-state index contributed by atoms with van der Waals surface area (Å²) in [6.07, 6.45) is 1.79. The summed E-state index contributed by atoms with van der Waals surface area (Å²) in [6.45, 7) is 2.56. The van der Waals surface area contributed by atoms with Crippen LogP contribution in [0.4, 0.5) is 5.82 Å². The number of rotatable bonds is 5. The van der Waals surface area contributed by atoms with Crippen LogP contribution in [-0.4, -0.2) is 20.8 Å². The second-order valence-corrected chi connectivity index (χ2v) is 6.86. The molecule has 1 N–H and O–H groups in total. The molecule has 0 spiro atoms. The topological polar surface area (TPSA) is 73.0 Å². The maximum atomic E-state index is 12.4. The molecule has 0 aliphatic heterocycles. The van der Waals surface area contributed by atoms with E-state index in [-0.39, 0.29) is 11.6 Å². The summed E-state index contributed by atoms with van der Waals surface area (Å²) in [5.74, 6) is 0.596. The molecule has 0 unspecified atom stereocenters. The van der Waals surface area contributed by atoms with Crippen molar-refractivity contribution in [1.82, 2.24) is 14.9 Å². The smallest absolute Gasteiger partial charge is 0.279 e. The molecule has 0 aliphatic rings. The first-order chi connectivity index (χ1) is 13.6. The number of amides is 1. The molecule has 0 atom stereocenters. The zero-order valence-corrected chi connectivity index (χ0v) is 15.8. The number of aryl methyl sites for hydroxylation is 1. The molecular weight excluding hydrogens is 376 g/mol. The van der Waals surface area contributed by atoms with E-state index in [1.807, 2.05) is 55.5 Å². The molecule has 2 heterocycles. The van der Waals surface area contributed by atoms with Crippen molar-refractivity contribution >= 4 is 23.3 Å². The van der Waals surface area contributed by atoms with E-state index in [2.05, 4.69) is 15.6 Å². The number of carbonyl (C=O) groups is 1. The van der Waals surface area contributed by atoms with Crippen LogP contribution in [0.15, 0.2) is 71.4 Å². The molecule has 0 saturated carbocycles. The molecule has 0 radical (unpaired) electrons. The van der Waals surface area contributed by atoms with Crippen molar-refractivity contribution in [2.45, 2.75) is 13.5 Å². The van der Waals surface area contributed by atoms with E-state index >= 15 is 0 Å². The zero-order valence-electron chi connectivity index (χ0n) is 15.1. The zero-order chi connectivity index (χ0) is 19.5. The highest BCUT2D eigenvalue weighted by Gasteiger charge is 2.15. The molecule has 1 amide bonds. The van der Waals surface area contributed by atoms with Gasteiger partial charge in [0.1, 0.15) is 0 Å². The second-order valence-electron chi connectivity index (χ2n) is 6.43. The van der Waals surface area contributed by atoms with Gasteiger partial charge in [0.15, 0.2) is 17.3 Å². The molecular formula is C21H17ClN4O2. The van der Waals surface area contributed by atoms with E-state index in [1.165, 1.54) is 0 Å². The van der Waals surface area contributed by atoms with Crippen molar-refractivity contribution in [1.29, 1.82) is 0 Å². The molecule has 0 saturated heterocycles. The normalized spacial score (nSPS) is 10.8. The molecule has 6 nitrogen and oxygen atoms in total. The first-order valence-electron chi connectivity index (χ1n) is 8.70. The number of carbonyl (C=O) groups excluding carboxylic acids is 1. The highest BCUT2D eigenvalue weighted by Crippen LogP contribution is 2.21. The predicted molar refractivity (Wildman–Crippen MR) is 107 cm³/mol. The maximum absolute atomic E-state index is 12.4. The Morgan fingerprint density at radius 1 is 1.14 bits per heavy atom. The number of anilines is 1. The minimum Gasteiger partial charge on any atom is -0.355 e. The number of nitrogens with one attached hydrogen (secondary N) is 1. The van der Waals surface area contributed by atoms with Gasteiger partial charge >= 0.3 is 0 Å². The van der Waals surface area contributed by atoms with E-state index < -0.39 is 0 Å². The van der Waals surface area contributed by atoms with Crippen LogP contribution in [0.3, 0.4) is 0 Å². The number of hydrogen-bond donors (Lipinski definition) is 1. The minimum absolute atomic E-state index is 0.194. The number of aromatic nitrogens is 3. The van der Waals surface area contributed by atoms with Crippen molar-refractivity contribution in [3.63, 3.8) is 0 Å². The van der Waals surface area contributed by atoms with Crippen molar-refractivity contribution in [3.8, 4) is 11.3 Å². The fraction of sp³-hybridized carbons (Fsp3) is 0.0952. The van der Waals surface area contributed by atoms with Crippen LogP contribution in [0.25, 0.3) is 11.3 Å². The first-order valence-corrected chi connectivity index (χ1v) is 9.08. The van der Waals surface area contributed by atoms with Gasteiger partial charge in [0.05, 0.1) is 6.54 Å². The molecule has 0 aliphatic carbocycles. The van der Waals surface area contributed by atoms with Crippen LogP contribution in [0, 0.1) is 6.92 Å². The Bertz CT molecular complexity index is 1120. The van der Waals surface area contributed by atoms with Crippen LogP contribution < -0.4 is 5.32 Å². The maximum Gasteiger partial charge on any atom is 0.279 e. The summed E-state index contributed by atoms with van der Waals surface area (Å²) < 4.78 is 7.02.